The molecule has 94 valence electrons. The van der Waals surface area contributed by atoms with Crippen LogP contribution >= 0.6 is 20.7 Å². The van der Waals surface area contributed by atoms with Crippen molar-refractivity contribution in [3.63, 3.8) is 0 Å². The number of carbonyl (C=O) groups is 1. The van der Waals surface area contributed by atoms with Crippen LogP contribution in [0.25, 0.3) is 5.57 Å². The lowest BCUT2D eigenvalue weighted by molar-refractivity contribution is -0.110. The smallest absolute Gasteiger partial charge is 0.165 e. The summed E-state index contributed by atoms with van der Waals surface area (Å²) in [4.78, 5) is 11.3. The van der Waals surface area contributed by atoms with Gasteiger partial charge in [-0.1, -0.05) is 38.9 Å². The summed E-state index contributed by atoms with van der Waals surface area (Å²) in [6, 6.07) is 8.08. The quantitative estimate of drug-likeness (QED) is 0.771. The van der Waals surface area contributed by atoms with E-state index < -0.39 is 0 Å². The van der Waals surface area contributed by atoms with E-state index in [1.165, 1.54) is 11.1 Å². The van der Waals surface area contributed by atoms with E-state index in [1.807, 2.05) is 31.2 Å². The van der Waals surface area contributed by atoms with Crippen LogP contribution in [0.4, 0.5) is 0 Å². The largest absolute Gasteiger partial charge is 0.494 e. The molecule has 1 aliphatic heterocycles. The first-order valence-electron chi connectivity index (χ1n) is 5.83. The van der Waals surface area contributed by atoms with E-state index in [0.717, 1.165) is 9.26 Å². The monoisotopic (exact) mass is 354 g/mol. The minimum atomic E-state index is -0.285. The Kier molecular flexibility index (Phi) is 4.47. The molecule has 1 aromatic carbocycles. The fourth-order valence-corrected chi connectivity index (χ4v) is 3.68. The highest BCUT2D eigenvalue weighted by molar-refractivity contribution is 14.2. The minimum Gasteiger partial charge on any atom is -0.494 e. The Morgan fingerprint density at radius 1 is 1.22 bits per heavy atom. The SMILES string of the molecule is CCOc1ccc(C2=CI=C(C(C)=O)C=C2)cc1. The molecule has 3 heteroatoms. The van der Waals surface area contributed by atoms with E-state index in [9.17, 15) is 4.79 Å². The molecule has 0 unspecified atom stereocenters. The third kappa shape index (κ3) is 3.16. The van der Waals surface area contributed by atoms with Crippen LogP contribution in [-0.4, -0.2) is 15.9 Å². The van der Waals surface area contributed by atoms with Gasteiger partial charge in [-0.15, -0.1) is 0 Å². The fourth-order valence-electron chi connectivity index (χ4n) is 1.62. The van der Waals surface area contributed by atoms with E-state index in [4.69, 9.17) is 4.74 Å². The molecule has 0 spiro atoms. The molecule has 0 bridgehead atoms. The normalized spacial score (nSPS) is 14.3. The maximum atomic E-state index is 11.3. The Bertz CT molecular complexity index is 536. The van der Waals surface area contributed by atoms with Gasteiger partial charge in [0.15, 0.2) is 5.78 Å². The van der Waals surface area contributed by atoms with Crippen LogP contribution in [-0.2, 0) is 4.79 Å². The Labute approximate surface area is 117 Å². The molecule has 0 saturated heterocycles. The molecular weight excluding hydrogens is 339 g/mol. The van der Waals surface area contributed by atoms with Crippen molar-refractivity contribution in [1.29, 1.82) is 0 Å². The highest BCUT2D eigenvalue weighted by Crippen LogP contribution is 2.26. The van der Waals surface area contributed by atoms with Gasteiger partial charge in [0.1, 0.15) is 5.75 Å². The summed E-state index contributed by atoms with van der Waals surface area (Å²) in [5.74, 6) is 1.09. The number of halogens is 1. The molecule has 1 aromatic rings. The van der Waals surface area contributed by atoms with Crippen LogP contribution in [0.1, 0.15) is 19.4 Å². The molecule has 18 heavy (non-hydrogen) atoms. The van der Waals surface area contributed by atoms with Gasteiger partial charge < -0.3 is 4.74 Å². The third-order valence-electron chi connectivity index (χ3n) is 2.53. The van der Waals surface area contributed by atoms with E-state index >= 15 is 0 Å². The Balaban J connectivity index is 2.19. The van der Waals surface area contributed by atoms with E-state index in [-0.39, 0.29) is 26.5 Å². The lowest BCUT2D eigenvalue weighted by Gasteiger charge is -2.08. The number of ketones is 1. The van der Waals surface area contributed by atoms with Crippen LogP contribution in [0.2, 0.25) is 0 Å². The number of rotatable bonds is 4. The van der Waals surface area contributed by atoms with Gasteiger partial charge in [-0.3, -0.25) is 4.79 Å². The third-order valence-corrected chi connectivity index (χ3v) is 5.31. The van der Waals surface area contributed by atoms with Gasteiger partial charge in [-0.05, 0) is 47.3 Å². The van der Waals surface area contributed by atoms with E-state index in [2.05, 4.69) is 16.2 Å². The predicted octanol–water partition coefficient (Wildman–Crippen LogP) is 3.73. The van der Waals surface area contributed by atoms with Crippen molar-refractivity contribution in [1.82, 2.24) is 0 Å². The number of allylic oxidation sites excluding steroid dienone is 3. The van der Waals surface area contributed by atoms with Gasteiger partial charge >= 0.3 is 0 Å². The Hall–Kier alpha value is -1.23. The summed E-state index contributed by atoms with van der Waals surface area (Å²) in [7, 11) is 0. The standard InChI is InChI=1S/C15H15IO2/c1-3-18-14-7-4-12(5-8-14)13-6-9-15(11(2)17)16-10-13/h4-10H,3H2,1-2H3. The topological polar surface area (TPSA) is 26.3 Å². The molecule has 2 nitrogen and oxygen atoms in total. The van der Waals surface area contributed by atoms with Crippen molar-refractivity contribution in [3.8, 4) is 5.75 Å². The zero-order valence-corrected chi connectivity index (χ0v) is 12.6. The summed E-state index contributed by atoms with van der Waals surface area (Å²) in [5, 5.41) is 0. The van der Waals surface area contributed by atoms with Crippen molar-refractivity contribution < 1.29 is 9.53 Å². The number of benzene rings is 1. The van der Waals surface area contributed by atoms with E-state index in [0.29, 0.717) is 6.61 Å². The summed E-state index contributed by atoms with van der Waals surface area (Å²) >= 11 is -0.285. The highest BCUT2D eigenvalue weighted by Gasteiger charge is 2.06. The molecule has 1 aliphatic rings. The lowest BCUT2D eigenvalue weighted by atomic mass is 10.1. The average molecular weight is 354 g/mol. The second-order valence-corrected chi connectivity index (χ2v) is 6.28. The second-order valence-electron chi connectivity index (χ2n) is 3.87. The summed E-state index contributed by atoms with van der Waals surface area (Å²) < 4.78 is 8.59. The van der Waals surface area contributed by atoms with Gasteiger partial charge in [0.05, 0.1) is 10.1 Å². The summed E-state index contributed by atoms with van der Waals surface area (Å²) in [6.07, 6.45) is 3.98. The first-order valence-corrected chi connectivity index (χ1v) is 8.16. The van der Waals surface area contributed by atoms with Gasteiger partial charge in [-0.2, -0.15) is 0 Å². The number of Topliss-reactive ketones (excluding diaryl/α,β-unsaturated/α-hetero) is 1. The van der Waals surface area contributed by atoms with Crippen LogP contribution in [0.5, 0.6) is 5.75 Å². The molecule has 2 rings (SSSR count). The number of hydrogen-bond acceptors (Lipinski definition) is 2. The van der Waals surface area contributed by atoms with Gasteiger partial charge in [0.2, 0.25) is 0 Å². The van der Waals surface area contributed by atoms with E-state index in [1.54, 1.807) is 6.92 Å². The molecule has 0 fully saturated rings. The van der Waals surface area contributed by atoms with Crippen LogP contribution < -0.4 is 4.74 Å². The van der Waals surface area contributed by atoms with Gasteiger partial charge in [0.25, 0.3) is 0 Å². The molecule has 1 heterocycles. The van der Waals surface area contributed by atoms with Crippen LogP contribution in [0.15, 0.2) is 40.5 Å². The van der Waals surface area contributed by atoms with Gasteiger partial charge in [-0.25, -0.2) is 0 Å². The molecule has 0 atom stereocenters. The zero-order chi connectivity index (χ0) is 13.0. The lowest BCUT2D eigenvalue weighted by Crippen LogP contribution is -2.04. The maximum absolute atomic E-state index is 11.3. The maximum Gasteiger partial charge on any atom is 0.165 e. The molecular formula is C15H15IO2. The Morgan fingerprint density at radius 3 is 2.44 bits per heavy atom. The van der Waals surface area contributed by atoms with Crippen LogP contribution in [0, 0.1) is 0 Å². The number of hydrogen-bond donors (Lipinski definition) is 0. The Morgan fingerprint density at radius 2 is 1.94 bits per heavy atom. The highest BCUT2D eigenvalue weighted by atomic mass is 127. The minimum absolute atomic E-state index is 0.195. The predicted molar refractivity (Wildman–Crippen MR) is 84.4 cm³/mol. The van der Waals surface area contributed by atoms with Crippen molar-refractivity contribution in [2.24, 2.45) is 0 Å². The number of carbonyl (C=O) groups excluding carboxylic acids is 1. The van der Waals surface area contributed by atoms with Crippen molar-refractivity contribution >= 4 is 35.6 Å². The van der Waals surface area contributed by atoms with Crippen molar-refractivity contribution in [2.45, 2.75) is 13.8 Å². The first-order chi connectivity index (χ1) is 8.70. The molecule has 0 amide bonds. The molecule has 0 aliphatic carbocycles. The fraction of sp³-hybridized carbons (Fsp3) is 0.200. The summed E-state index contributed by atoms with van der Waals surface area (Å²) in [5.41, 5.74) is 2.38. The molecule has 0 N–H and O–H groups in total. The summed E-state index contributed by atoms with van der Waals surface area (Å²) in [6.45, 7) is 4.29. The first kappa shape index (κ1) is 13.2. The molecule has 0 radical (unpaired) electrons. The van der Waals surface area contributed by atoms with Gasteiger partial charge in [0, 0.05) is 0 Å². The van der Waals surface area contributed by atoms with Crippen molar-refractivity contribution in [3.05, 3.63) is 46.1 Å². The second kappa shape index (κ2) is 6.09. The van der Waals surface area contributed by atoms with Crippen molar-refractivity contribution in [2.75, 3.05) is 6.61 Å². The van der Waals surface area contributed by atoms with Crippen LogP contribution in [0.3, 0.4) is 0 Å². The molecule has 0 saturated carbocycles. The molecule has 0 aromatic heterocycles. The average Bonchev–Trinajstić information content (AvgIpc) is 2.40. The zero-order valence-electron chi connectivity index (χ0n) is 10.4. The number of ether oxygens (including phenoxy) is 1.